The van der Waals surface area contributed by atoms with Crippen LogP contribution in [0, 0.1) is 11.8 Å². The van der Waals surface area contributed by atoms with Crippen LogP contribution in [0.15, 0.2) is 0 Å². The van der Waals surface area contributed by atoms with E-state index in [0.717, 1.165) is 24.9 Å². The molecule has 4 N–H and O–H groups in total. The van der Waals surface area contributed by atoms with E-state index in [1.807, 2.05) is 0 Å². The Morgan fingerprint density at radius 3 is 1.67 bits per heavy atom. The third-order valence-electron chi connectivity index (χ3n) is 2.32. The molecule has 0 spiro atoms. The zero-order valence-corrected chi connectivity index (χ0v) is 5.84. The first-order valence-corrected chi connectivity index (χ1v) is 3.77. The first-order valence-electron chi connectivity index (χ1n) is 3.77. The van der Waals surface area contributed by atoms with Crippen LogP contribution in [0.25, 0.3) is 0 Å². The molecule has 0 amide bonds. The Labute approximate surface area is 56.6 Å². The van der Waals surface area contributed by atoms with E-state index in [1.54, 1.807) is 0 Å². The van der Waals surface area contributed by atoms with Crippen molar-refractivity contribution in [3.05, 3.63) is 0 Å². The quantitative estimate of drug-likeness (QED) is 0.562. The standard InChI is InChI=1S/C7H16N2/c8-4-6-1-2-7(3-6)5-9/h6-7H,1-5,8-9H2. The van der Waals surface area contributed by atoms with E-state index in [1.165, 1.54) is 19.3 Å². The van der Waals surface area contributed by atoms with Crippen molar-refractivity contribution >= 4 is 0 Å². The molecule has 0 heterocycles. The minimum Gasteiger partial charge on any atom is -0.330 e. The van der Waals surface area contributed by atoms with Crippen molar-refractivity contribution < 1.29 is 0 Å². The Balaban J connectivity index is 2.20. The van der Waals surface area contributed by atoms with Gasteiger partial charge in [-0.25, -0.2) is 0 Å². The number of hydrogen-bond donors (Lipinski definition) is 2. The summed E-state index contributed by atoms with van der Waals surface area (Å²) in [4.78, 5) is 0. The highest BCUT2D eigenvalue weighted by molar-refractivity contribution is 4.76. The zero-order valence-electron chi connectivity index (χ0n) is 5.84. The molecule has 1 aliphatic rings. The molecule has 2 unspecified atom stereocenters. The molecule has 0 aromatic carbocycles. The first kappa shape index (κ1) is 7.03. The Kier molecular flexibility index (Phi) is 2.49. The highest BCUT2D eigenvalue weighted by Crippen LogP contribution is 2.28. The van der Waals surface area contributed by atoms with Crippen molar-refractivity contribution in [1.82, 2.24) is 0 Å². The monoisotopic (exact) mass is 128 g/mol. The van der Waals surface area contributed by atoms with Gasteiger partial charge < -0.3 is 11.5 Å². The summed E-state index contributed by atoms with van der Waals surface area (Å²) in [6, 6.07) is 0. The normalized spacial score (nSPS) is 35.3. The average Bonchev–Trinajstić information content (AvgIpc) is 2.34. The molecule has 0 saturated heterocycles. The average molecular weight is 128 g/mol. The van der Waals surface area contributed by atoms with Gasteiger partial charge in [0.1, 0.15) is 0 Å². The van der Waals surface area contributed by atoms with Crippen molar-refractivity contribution in [3.63, 3.8) is 0 Å². The van der Waals surface area contributed by atoms with Crippen LogP contribution in [-0.2, 0) is 0 Å². The number of hydrogen-bond acceptors (Lipinski definition) is 2. The molecule has 0 aromatic heterocycles. The van der Waals surface area contributed by atoms with E-state index in [0.29, 0.717) is 0 Å². The lowest BCUT2D eigenvalue weighted by atomic mass is 10.1. The molecule has 2 atom stereocenters. The topological polar surface area (TPSA) is 52.0 Å². The lowest BCUT2D eigenvalue weighted by Crippen LogP contribution is -2.14. The van der Waals surface area contributed by atoms with Crippen LogP contribution in [-0.4, -0.2) is 13.1 Å². The summed E-state index contributed by atoms with van der Waals surface area (Å²) >= 11 is 0. The van der Waals surface area contributed by atoms with Crippen molar-refractivity contribution in [2.75, 3.05) is 13.1 Å². The van der Waals surface area contributed by atoms with Gasteiger partial charge >= 0.3 is 0 Å². The van der Waals surface area contributed by atoms with E-state index in [-0.39, 0.29) is 0 Å². The predicted molar refractivity (Wildman–Crippen MR) is 38.9 cm³/mol. The fourth-order valence-electron chi connectivity index (χ4n) is 1.61. The molecule has 9 heavy (non-hydrogen) atoms. The lowest BCUT2D eigenvalue weighted by Gasteiger charge is -2.05. The summed E-state index contributed by atoms with van der Waals surface area (Å²) in [6.07, 6.45) is 3.88. The maximum atomic E-state index is 5.51. The van der Waals surface area contributed by atoms with E-state index < -0.39 is 0 Å². The van der Waals surface area contributed by atoms with E-state index in [4.69, 9.17) is 11.5 Å². The largest absolute Gasteiger partial charge is 0.330 e. The maximum Gasteiger partial charge on any atom is -0.00488 e. The summed E-state index contributed by atoms with van der Waals surface area (Å²) < 4.78 is 0. The van der Waals surface area contributed by atoms with Crippen LogP contribution in [0.1, 0.15) is 19.3 Å². The van der Waals surface area contributed by atoms with Crippen LogP contribution >= 0.6 is 0 Å². The molecule has 1 fully saturated rings. The second-order valence-corrected chi connectivity index (χ2v) is 3.02. The van der Waals surface area contributed by atoms with Gasteiger partial charge in [-0.2, -0.15) is 0 Å². The van der Waals surface area contributed by atoms with Gasteiger partial charge in [0.05, 0.1) is 0 Å². The summed E-state index contributed by atoms with van der Waals surface area (Å²) in [6.45, 7) is 1.72. The summed E-state index contributed by atoms with van der Waals surface area (Å²) in [5.74, 6) is 1.55. The molecule has 0 aliphatic heterocycles. The second kappa shape index (κ2) is 3.18. The third-order valence-corrected chi connectivity index (χ3v) is 2.32. The van der Waals surface area contributed by atoms with E-state index in [2.05, 4.69) is 0 Å². The van der Waals surface area contributed by atoms with Gasteiger partial charge in [0.25, 0.3) is 0 Å². The predicted octanol–water partition coefficient (Wildman–Crippen LogP) is 0.320. The van der Waals surface area contributed by atoms with Gasteiger partial charge in [-0.1, -0.05) is 0 Å². The van der Waals surface area contributed by atoms with Crippen molar-refractivity contribution in [2.24, 2.45) is 23.3 Å². The Bertz CT molecular complexity index is 73.0. The molecule has 0 radical (unpaired) electrons. The molecule has 2 nitrogen and oxygen atoms in total. The van der Waals surface area contributed by atoms with Gasteiger partial charge in [0.2, 0.25) is 0 Å². The molecule has 54 valence electrons. The van der Waals surface area contributed by atoms with Gasteiger partial charge in [-0.15, -0.1) is 0 Å². The number of rotatable bonds is 2. The van der Waals surface area contributed by atoms with Gasteiger partial charge in [0.15, 0.2) is 0 Å². The highest BCUT2D eigenvalue weighted by atomic mass is 14.6. The Morgan fingerprint density at radius 1 is 1.00 bits per heavy atom. The van der Waals surface area contributed by atoms with Gasteiger partial charge in [0, 0.05) is 0 Å². The molecule has 1 aliphatic carbocycles. The lowest BCUT2D eigenvalue weighted by molar-refractivity contribution is 0.505. The maximum absolute atomic E-state index is 5.51. The fraction of sp³-hybridized carbons (Fsp3) is 1.00. The molecule has 1 saturated carbocycles. The molecular weight excluding hydrogens is 112 g/mol. The Morgan fingerprint density at radius 2 is 1.44 bits per heavy atom. The van der Waals surface area contributed by atoms with Crippen molar-refractivity contribution in [2.45, 2.75) is 19.3 Å². The van der Waals surface area contributed by atoms with Crippen LogP contribution in [0.2, 0.25) is 0 Å². The summed E-state index contributed by atoms with van der Waals surface area (Å²) in [5, 5.41) is 0. The summed E-state index contributed by atoms with van der Waals surface area (Å²) in [5.41, 5.74) is 11.0. The third kappa shape index (κ3) is 1.66. The zero-order chi connectivity index (χ0) is 6.69. The minimum absolute atomic E-state index is 0.776. The Hall–Kier alpha value is -0.0800. The first-order chi connectivity index (χ1) is 4.36. The smallest absolute Gasteiger partial charge is 0.00488 e. The molecule has 0 aromatic rings. The fourth-order valence-corrected chi connectivity index (χ4v) is 1.61. The minimum atomic E-state index is 0.776. The van der Waals surface area contributed by atoms with Gasteiger partial charge in [-0.3, -0.25) is 0 Å². The highest BCUT2D eigenvalue weighted by Gasteiger charge is 2.21. The second-order valence-electron chi connectivity index (χ2n) is 3.02. The SMILES string of the molecule is NCC1CCC(CN)C1. The van der Waals surface area contributed by atoms with E-state index in [9.17, 15) is 0 Å². The van der Waals surface area contributed by atoms with E-state index >= 15 is 0 Å². The van der Waals surface area contributed by atoms with Gasteiger partial charge in [-0.05, 0) is 44.2 Å². The molecule has 0 bridgehead atoms. The molecule has 2 heteroatoms. The van der Waals surface area contributed by atoms with Crippen LogP contribution in [0.3, 0.4) is 0 Å². The molecule has 1 rings (SSSR count). The molecular formula is C7H16N2. The van der Waals surface area contributed by atoms with Crippen LogP contribution < -0.4 is 11.5 Å². The summed E-state index contributed by atoms with van der Waals surface area (Å²) in [7, 11) is 0. The van der Waals surface area contributed by atoms with Crippen molar-refractivity contribution in [3.8, 4) is 0 Å². The van der Waals surface area contributed by atoms with Crippen molar-refractivity contribution in [1.29, 1.82) is 0 Å². The van der Waals surface area contributed by atoms with Crippen LogP contribution in [0.5, 0.6) is 0 Å². The number of nitrogens with two attached hydrogens (primary N) is 2. The van der Waals surface area contributed by atoms with Crippen LogP contribution in [0.4, 0.5) is 0 Å².